The molecule has 2 aromatic rings. The van der Waals surface area contributed by atoms with E-state index in [9.17, 15) is 19.2 Å². The predicted octanol–water partition coefficient (Wildman–Crippen LogP) is 4.90. The summed E-state index contributed by atoms with van der Waals surface area (Å²) in [6, 6.07) is 12.3. The minimum Gasteiger partial charge on any atom is -0.465 e. The highest BCUT2D eigenvalue weighted by atomic mass is 16.6. The number of hydrogen-bond acceptors (Lipinski definition) is 8. The maximum Gasteiger partial charge on any atom is 0.434 e. The lowest BCUT2D eigenvalue weighted by molar-refractivity contribution is -0.142. The number of aliphatic imine (C=N–C) groups is 1. The van der Waals surface area contributed by atoms with E-state index in [1.165, 1.54) is 14.0 Å². The van der Waals surface area contributed by atoms with Gasteiger partial charge in [0.25, 0.3) is 0 Å². The zero-order valence-electron chi connectivity index (χ0n) is 21.9. The van der Waals surface area contributed by atoms with E-state index in [0.29, 0.717) is 22.4 Å². The van der Waals surface area contributed by atoms with Crippen LogP contribution >= 0.6 is 0 Å². The Morgan fingerprint density at radius 2 is 1.62 bits per heavy atom. The van der Waals surface area contributed by atoms with E-state index in [0.717, 1.165) is 5.56 Å². The molecule has 0 aromatic heterocycles. The third-order valence-corrected chi connectivity index (χ3v) is 4.96. The second-order valence-electron chi connectivity index (χ2n) is 9.05. The van der Waals surface area contributed by atoms with Crippen LogP contribution in [0.15, 0.2) is 47.5 Å². The van der Waals surface area contributed by atoms with Crippen molar-refractivity contribution in [3.63, 3.8) is 0 Å². The van der Waals surface area contributed by atoms with Gasteiger partial charge in [0.1, 0.15) is 24.5 Å². The largest absolute Gasteiger partial charge is 0.465 e. The lowest BCUT2D eigenvalue weighted by atomic mass is 9.96. The minimum atomic E-state index is -0.953. The Bertz CT molecular complexity index is 1170. The van der Waals surface area contributed by atoms with Crippen LogP contribution < -0.4 is 5.32 Å². The number of amides is 2. The van der Waals surface area contributed by atoms with Gasteiger partial charge in [-0.05, 0) is 56.0 Å². The molecule has 0 aliphatic heterocycles. The smallest absolute Gasteiger partial charge is 0.434 e. The molecule has 2 amide bonds. The molecule has 0 aliphatic carbocycles. The van der Waals surface area contributed by atoms with Crippen molar-refractivity contribution in [3.8, 4) is 0 Å². The molecule has 10 nitrogen and oxygen atoms in total. The third kappa shape index (κ3) is 9.75. The SMILES string of the molecule is COC(=O)C(Cc1ccc(NC(=O)OC(C)(C)C)c(C)c1COC(C)=O)=NC(=O)OCc1ccccc1. The normalized spacial score (nSPS) is 11.4. The summed E-state index contributed by atoms with van der Waals surface area (Å²) in [4.78, 5) is 52.4. The summed E-state index contributed by atoms with van der Waals surface area (Å²) >= 11 is 0. The number of methoxy groups -OCH3 is 1. The number of nitrogens with zero attached hydrogens (tertiary/aromatic N) is 1. The fourth-order valence-corrected chi connectivity index (χ4v) is 3.22. The first-order chi connectivity index (χ1) is 17.4. The van der Waals surface area contributed by atoms with Crippen LogP contribution in [0, 0.1) is 6.92 Å². The van der Waals surface area contributed by atoms with Gasteiger partial charge >= 0.3 is 24.1 Å². The number of carbonyl (C=O) groups excluding carboxylic acids is 4. The van der Waals surface area contributed by atoms with Crippen molar-refractivity contribution in [2.45, 2.75) is 59.9 Å². The van der Waals surface area contributed by atoms with Gasteiger partial charge in [0, 0.05) is 19.0 Å². The van der Waals surface area contributed by atoms with Gasteiger partial charge < -0.3 is 18.9 Å². The number of ether oxygens (including phenoxy) is 4. The Morgan fingerprint density at radius 3 is 2.22 bits per heavy atom. The maximum absolute atomic E-state index is 12.4. The molecule has 0 unspecified atom stereocenters. The quantitative estimate of drug-likeness (QED) is 0.300. The van der Waals surface area contributed by atoms with Crippen LogP contribution in [0.4, 0.5) is 15.3 Å². The molecule has 198 valence electrons. The van der Waals surface area contributed by atoms with Gasteiger partial charge in [-0.3, -0.25) is 10.1 Å². The fraction of sp³-hybridized carbons (Fsp3) is 0.370. The van der Waals surface area contributed by atoms with Gasteiger partial charge in [-0.15, -0.1) is 0 Å². The zero-order valence-corrected chi connectivity index (χ0v) is 21.9. The molecule has 0 saturated heterocycles. The zero-order chi connectivity index (χ0) is 27.6. The van der Waals surface area contributed by atoms with Gasteiger partial charge in [-0.2, -0.15) is 4.99 Å². The standard InChI is InChI=1S/C27H32N2O8/c1-17-21(16-35-18(2)30)20(12-13-22(17)28-26(33)37-27(3,4)5)14-23(24(31)34-6)29-25(32)36-15-19-10-8-7-9-11-19/h7-13H,14-16H2,1-6H3,(H,28,33). The summed E-state index contributed by atoms with van der Waals surface area (Å²) < 4.78 is 20.5. The van der Waals surface area contributed by atoms with Crippen LogP contribution in [-0.4, -0.2) is 42.5 Å². The molecule has 0 atom stereocenters. The molecule has 10 heteroatoms. The van der Waals surface area contributed by atoms with Crippen molar-refractivity contribution in [2.24, 2.45) is 4.99 Å². The van der Waals surface area contributed by atoms with Crippen LogP contribution in [0.5, 0.6) is 0 Å². The second-order valence-corrected chi connectivity index (χ2v) is 9.05. The topological polar surface area (TPSA) is 130 Å². The highest BCUT2D eigenvalue weighted by Gasteiger charge is 2.22. The molecule has 0 fully saturated rings. The van der Waals surface area contributed by atoms with E-state index in [-0.39, 0.29) is 25.3 Å². The Balaban J connectivity index is 2.33. The van der Waals surface area contributed by atoms with E-state index >= 15 is 0 Å². The first-order valence-corrected chi connectivity index (χ1v) is 11.5. The number of nitrogens with one attached hydrogen (secondary N) is 1. The summed E-state index contributed by atoms with van der Waals surface area (Å²) in [6.07, 6.45) is -1.72. The van der Waals surface area contributed by atoms with E-state index in [2.05, 4.69) is 10.3 Å². The third-order valence-electron chi connectivity index (χ3n) is 4.96. The van der Waals surface area contributed by atoms with Crippen LogP contribution in [0.2, 0.25) is 0 Å². The number of hydrogen-bond donors (Lipinski definition) is 1. The molecule has 0 bridgehead atoms. The fourth-order valence-electron chi connectivity index (χ4n) is 3.22. The summed E-state index contributed by atoms with van der Waals surface area (Å²) in [5.74, 6) is -1.33. The minimum absolute atomic E-state index is 0.0144. The molecule has 1 N–H and O–H groups in total. The predicted molar refractivity (Wildman–Crippen MR) is 136 cm³/mol. The molecule has 0 heterocycles. The number of carbonyl (C=O) groups is 4. The summed E-state index contributed by atoms with van der Waals surface area (Å²) in [5, 5.41) is 2.68. The molecule has 0 spiro atoms. The highest BCUT2D eigenvalue weighted by molar-refractivity contribution is 6.38. The van der Waals surface area contributed by atoms with Gasteiger partial charge in [0.15, 0.2) is 0 Å². The number of rotatable bonds is 8. The average molecular weight is 513 g/mol. The lowest BCUT2D eigenvalue weighted by Crippen LogP contribution is -2.27. The maximum atomic E-state index is 12.4. The Morgan fingerprint density at radius 1 is 0.946 bits per heavy atom. The van der Waals surface area contributed by atoms with Crippen molar-refractivity contribution < 1.29 is 38.1 Å². The Hall–Kier alpha value is -4.21. The van der Waals surface area contributed by atoms with Gasteiger partial charge in [-0.1, -0.05) is 36.4 Å². The van der Waals surface area contributed by atoms with Gasteiger partial charge in [-0.25, -0.2) is 14.4 Å². The van der Waals surface area contributed by atoms with Crippen molar-refractivity contribution in [3.05, 3.63) is 64.7 Å². The summed E-state index contributed by atoms with van der Waals surface area (Å²) in [6.45, 7) is 8.07. The van der Waals surface area contributed by atoms with E-state index < -0.39 is 29.7 Å². The van der Waals surface area contributed by atoms with E-state index in [4.69, 9.17) is 18.9 Å². The molecule has 0 saturated carbocycles. The Labute approximate surface area is 216 Å². The lowest BCUT2D eigenvalue weighted by Gasteiger charge is -2.21. The number of anilines is 1. The van der Waals surface area contributed by atoms with Crippen LogP contribution in [-0.2, 0) is 48.2 Å². The van der Waals surface area contributed by atoms with Crippen LogP contribution in [0.3, 0.4) is 0 Å². The monoisotopic (exact) mass is 512 g/mol. The molecule has 0 radical (unpaired) electrons. The first-order valence-electron chi connectivity index (χ1n) is 11.5. The van der Waals surface area contributed by atoms with E-state index in [1.54, 1.807) is 64.1 Å². The second kappa shape index (κ2) is 13.2. The molecular formula is C27H32N2O8. The number of esters is 2. The van der Waals surface area contributed by atoms with Crippen molar-refractivity contribution in [2.75, 3.05) is 12.4 Å². The van der Waals surface area contributed by atoms with Crippen LogP contribution in [0.25, 0.3) is 0 Å². The summed E-state index contributed by atoms with van der Waals surface area (Å²) in [5.41, 5.74) is 1.94. The Kier molecular flexibility index (Phi) is 10.4. The van der Waals surface area contributed by atoms with Crippen molar-refractivity contribution >= 4 is 35.5 Å². The molecule has 0 aliphatic rings. The van der Waals surface area contributed by atoms with Gasteiger partial charge in [0.05, 0.1) is 7.11 Å². The molecule has 37 heavy (non-hydrogen) atoms. The molecular weight excluding hydrogens is 480 g/mol. The van der Waals surface area contributed by atoms with E-state index in [1.807, 2.05) is 6.07 Å². The van der Waals surface area contributed by atoms with Crippen molar-refractivity contribution in [1.82, 2.24) is 0 Å². The average Bonchev–Trinajstić information content (AvgIpc) is 2.82. The first kappa shape index (κ1) is 29.0. The summed E-state index contributed by atoms with van der Waals surface area (Å²) in [7, 11) is 1.17. The molecule has 2 aromatic carbocycles. The van der Waals surface area contributed by atoms with Crippen LogP contribution in [0.1, 0.15) is 49.9 Å². The number of benzene rings is 2. The highest BCUT2D eigenvalue weighted by Crippen LogP contribution is 2.26. The van der Waals surface area contributed by atoms with Gasteiger partial charge in [0.2, 0.25) is 0 Å². The molecule has 2 rings (SSSR count). The van der Waals surface area contributed by atoms with Crippen molar-refractivity contribution in [1.29, 1.82) is 0 Å².